The lowest BCUT2D eigenvalue weighted by Crippen LogP contribution is -2.48. The van der Waals surface area contributed by atoms with Crippen molar-refractivity contribution in [3.63, 3.8) is 0 Å². The number of amides is 1. The van der Waals surface area contributed by atoms with Crippen molar-refractivity contribution in [2.45, 2.75) is 13.0 Å². The number of nitrogens with one attached hydrogen (secondary N) is 1. The molecule has 3 aromatic rings. The van der Waals surface area contributed by atoms with Crippen LogP contribution in [0, 0.1) is 6.92 Å². The van der Waals surface area contributed by atoms with Crippen molar-refractivity contribution >= 4 is 18.3 Å². The Bertz CT molecular complexity index is 900. The van der Waals surface area contributed by atoms with Crippen LogP contribution in [0.2, 0.25) is 0 Å². The van der Waals surface area contributed by atoms with E-state index in [4.69, 9.17) is 0 Å². The molecule has 1 saturated heterocycles. The molecule has 27 heavy (non-hydrogen) atoms. The van der Waals surface area contributed by atoms with Gasteiger partial charge in [-0.25, -0.2) is 9.67 Å². The van der Waals surface area contributed by atoms with Gasteiger partial charge in [0.05, 0.1) is 11.7 Å². The molecule has 140 valence electrons. The Morgan fingerprint density at radius 1 is 1.26 bits per heavy atom. The molecule has 1 fully saturated rings. The minimum absolute atomic E-state index is 0. The molecule has 0 radical (unpaired) electrons. The predicted molar refractivity (Wildman–Crippen MR) is 104 cm³/mol. The topological polar surface area (TPSA) is 75.9 Å². The van der Waals surface area contributed by atoms with E-state index in [1.807, 2.05) is 48.4 Å². The number of piperazine rings is 1. The second-order valence-corrected chi connectivity index (χ2v) is 6.35. The zero-order valence-electron chi connectivity index (χ0n) is 14.9. The van der Waals surface area contributed by atoms with Gasteiger partial charge in [0.25, 0.3) is 5.91 Å². The van der Waals surface area contributed by atoms with Gasteiger partial charge in [-0.05, 0) is 42.3 Å². The molecule has 0 bridgehead atoms. The maximum absolute atomic E-state index is 13.2. The lowest BCUT2D eigenvalue weighted by atomic mass is 10.0. The van der Waals surface area contributed by atoms with Crippen molar-refractivity contribution in [3.8, 4) is 5.69 Å². The molecule has 2 aromatic heterocycles. The van der Waals surface area contributed by atoms with Gasteiger partial charge >= 0.3 is 0 Å². The predicted octanol–water partition coefficient (Wildman–Crippen LogP) is 2.18. The highest BCUT2D eigenvalue weighted by Crippen LogP contribution is 2.24. The Hall–Kier alpha value is -2.77. The van der Waals surface area contributed by atoms with E-state index >= 15 is 0 Å². The number of hydrogen-bond donors (Lipinski definition) is 1. The summed E-state index contributed by atoms with van der Waals surface area (Å²) >= 11 is 0. The van der Waals surface area contributed by atoms with Crippen molar-refractivity contribution in [2.24, 2.45) is 0 Å². The average Bonchev–Trinajstić information content (AvgIpc) is 3.22. The summed E-state index contributed by atoms with van der Waals surface area (Å²) in [5.74, 6) is 0.0357. The molecule has 1 aromatic carbocycles. The highest BCUT2D eigenvalue weighted by molar-refractivity contribution is 5.95. The van der Waals surface area contributed by atoms with E-state index in [9.17, 15) is 4.79 Å². The molecular weight excluding hydrogens is 364 g/mol. The lowest BCUT2D eigenvalue weighted by Gasteiger charge is -2.36. The van der Waals surface area contributed by atoms with Gasteiger partial charge in [-0.15, -0.1) is 12.4 Å². The molecule has 0 spiro atoms. The van der Waals surface area contributed by atoms with E-state index in [1.165, 1.54) is 6.33 Å². The van der Waals surface area contributed by atoms with Gasteiger partial charge in [-0.2, -0.15) is 5.10 Å². The number of rotatable bonds is 3. The fourth-order valence-corrected chi connectivity index (χ4v) is 3.36. The molecule has 0 saturated carbocycles. The minimum atomic E-state index is -0.0137. The van der Waals surface area contributed by atoms with Crippen LogP contribution in [0.3, 0.4) is 0 Å². The highest BCUT2D eigenvalue weighted by atomic mass is 35.5. The van der Waals surface area contributed by atoms with E-state index in [0.29, 0.717) is 12.1 Å². The maximum Gasteiger partial charge on any atom is 0.254 e. The molecule has 1 aliphatic heterocycles. The van der Waals surface area contributed by atoms with Crippen molar-refractivity contribution in [3.05, 3.63) is 72.1 Å². The molecule has 3 heterocycles. The Kier molecular flexibility index (Phi) is 5.83. The van der Waals surface area contributed by atoms with E-state index < -0.39 is 0 Å². The molecule has 7 nitrogen and oxygen atoms in total. The van der Waals surface area contributed by atoms with Crippen molar-refractivity contribution < 1.29 is 4.79 Å². The summed E-state index contributed by atoms with van der Waals surface area (Å²) < 4.78 is 1.70. The molecule has 1 unspecified atom stereocenters. The quantitative estimate of drug-likeness (QED) is 0.749. The van der Waals surface area contributed by atoms with Crippen LogP contribution in [-0.4, -0.2) is 50.2 Å². The van der Waals surface area contributed by atoms with E-state index in [2.05, 4.69) is 20.4 Å². The van der Waals surface area contributed by atoms with Gasteiger partial charge in [0.1, 0.15) is 12.7 Å². The van der Waals surface area contributed by atoms with Gasteiger partial charge in [-0.3, -0.25) is 9.78 Å². The van der Waals surface area contributed by atoms with Gasteiger partial charge < -0.3 is 10.2 Å². The Morgan fingerprint density at radius 3 is 2.85 bits per heavy atom. The zero-order chi connectivity index (χ0) is 17.9. The summed E-state index contributed by atoms with van der Waals surface area (Å²) in [6.07, 6.45) is 6.73. The third-order valence-electron chi connectivity index (χ3n) is 4.68. The highest BCUT2D eigenvalue weighted by Gasteiger charge is 2.29. The number of aryl methyl sites for hydroxylation is 1. The van der Waals surface area contributed by atoms with Crippen LogP contribution in [0.1, 0.15) is 27.5 Å². The Labute approximate surface area is 163 Å². The summed E-state index contributed by atoms with van der Waals surface area (Å²) in [6.45, 7) is 4.17. The number of carbonyl (C=O) groups is 1. The molecule has 0 aliphatic carbocycles. The van der Waals surface area contributed by atoms with Gasteiger partial charge in [0, 0.05) is 37.6 Å². The zero-order valence-corrected chi connectivity index (χ0v) is 15.8. The largest absolute Gasteiger partial charge is 0.329 e. The molecular formula is C19H21ClN6O. The first-order valence-corrected chi connectivity index (χ1v) is 8.61. The van der Waals surface area contributed by atoms with Crippen LogP contribution in [-0.2, 0) is 0 Å². The summed E-state index contributed by atoms with van der Waals surface area (Å²) in [6, 6.07) is 9.60. The second kappa shape index (κ2) is 8.28. The van der Waals surface area contributed by atoms with E-state index in [0.717, 1.165) is 29.9 Å². The molecule has 1 atom stereocenters. The van der Waals surface area contributed by atoms with Crippen LogP contribution >= 0.6 is 12.4 Å². The summed E-state index contributed by atoms with van der Waals surface area (Å²) in [5, 5.41) is 7.53. The minimum Gasteiger partial charge on any atom is -0.329 e. The number of benzene rings is 1. The first kappa shape index (κ1) is 19.0. The summed E-state index contributed by atoms with van der Waals surface area (Å²) in [4.78, 5) is 23.3. The maximum atomic E-state index is 13.2. The molecule has 1 amide bonds. The van der Waals surface area contributed by atoms with Crippen LogP contribution < -0.4 is 5.32 Å². The lowest BCUT2D eigenvalue weighted by molar-refractivity contribution is 0.0634. The summed E-state index contributed by atoms with van der Waals surface area (Å²) in [7, 11) is 0. The van der Waals surface area contributed by atoms with Gasteiger partial charge in [-0.1, -0.05) is 6.07 Å². The van der Waals surface area contributed by atoms with Crippen LogP contribution in [0.4, 0.5) is 0 Å². The Morgan fingerprint density at radius 2 is 2.15 bits per heavy atom. The summed E-state index contributed by atoms with van der Waals surface area (Å²) in [5.41, 5.74) is 3.63. The Balaban J connectivity index is 0.00000210. The van der Waals surface area contributed by atoms with E-state index in [1.54, 1.807) is 17.2 Å². The third kappa shape index (κ3) is 3.84. The first-order valence-electron chi connectivity index (χ1n) is 8.61. The third-order valence-corrected chi connectivity index (χ3v) is 4.68. The normalized spacial score (nSPS) is 16.6. The average molecular weight is 385 g/mol. The van der Waals surface area contributed by atoms with Gasteiger partial charge in [0.15, 0.2) is 0 Å². The molecule has 1 aliphatic rings. The number of carbonyl (C=O) groups excluding carboxylic acids is 1. The number of aromatic nitrogens is 4. The van der Waals surface area contributed by atoms with Crippen molar-refractivity contribution in [2.75, 3.05) is 19.6 Å². The van der Waals surface area contributed by atoms with Crippen LogP contribution in [0.25, 0.3) is 5.69 Å². The fourth-order valence-electron chi connectivity index (χ4n) is 3.36. The molecule has 1 N–H and O–H groups in total. The number of nitrogens with zero attached hydrogens (tertiary/aromatic N) is 5. The second-order valence-electron chi connectivity index (χ2n) is 6.35. The standard InChI is InChI=1S/C19H20N6O.ClH/c1-14-9-15(4-5-17(14)25-13-22-12-23-25)19(26)24-8-7-21-11-18(24)16-3-2-6-20-10-16;/h2-6,9-10,12-13,18,21H,7-8,11H2,1H3;1H. The van der Waals surface area contributed by atoms with Crippen LogP contribution in [0.5, 0.6) is 0 Å². The number of halogens is 1. The monoisotopic (exact) mass is 384 g/mol. The van der Waals surface area contributed by atoms with Crippen LogP contribution in [0.15, 0.2) is 55.4 Å². The van der Waals surface area contributed by atoms with Gasteiger partial charge in [0.2, 0.25) is 0 Å². The number of pyridine rings is 1. The molecule has 8 heteroatoms. The first-order chi connectivity index (χ1) is 12.7. The van der Waals surface area contributed by atoms with Crippen molar-refractivity contribution in [1.82, 2.24) is 30.0 Å². The SMILES string of the molecule is Cc1cc(C(=O)N2CCNCC2c2cccnc2)ccc1-n1cncn1.Cl. The smallest absolute Gasteiger partial charge is 0.254 e. The molecule has 4 rings (SSSR count). The van der Waals surface area contributed by atoms with Crippen molar-refractivity contribution in [1.29, 1.82) is 0 Å². The fraction of sp³-hybridized carbons (Fsp3) is 0.263. The van der Waals surface area contributed by atoms with E-state index in [-0.39, 0.29) is 24.4 Å². The number of hydrogen-bond acceptors (Lipinski definition) is 5.